The van der Waals surface area contributed by atoms with E-state index < -0.39 is 0 Å². The van der Waals surface area contributed by atoms with E-state index in [0.717, 1.165) is 25.9 Å². The molecule has 1 aliphatic heterocycles. The molecule has 3 nitrogen and oxygen atoms in total. The van der Waals surface area contributed by atoms with E-state index in [9.17, 15) is 9.18 Å². The third kappa shape index (κ3) is 4.51. The van der Waals surface area contributed by atoms with E-state index >= 15 is 0 Å². The van der Waals surface area contributed by atoms with Crippen LogP contribution in [0.4, 0.5) is 4.39 Å². The standard InChI is InChI=1S/C16H22BrFN2O/c1-11(19)13-3-2-8-20(10-13)16(21)7-5-12-4-6-14(17)9-15(12)18/h4,6,9,11,13H,2-3,5,7-8,10,19H2,1H3. The molecule has 1 aromatic carbocycles. The van der Waals surface area contributed by atoms with Crippen molar-refractivity contribution in [2.45, 2.75) is 38.6 Å². The Hall–Kier alpha value is -0.940. The van der Waals surface area contributed by atoms with Crippen molar-refractivity contribution in [1.82, 2.24) is 4.90 Å². The van der Waals surface area contributed by atoms with E-state index in [1.807, 2.05) is 11.8 Å². The first-order chi connectivity index (χ1) is 9.97. The number of rotatable bonds is 4. The van der Waals surface area contributed by atoms with Gasteiger partial charge in [-0.05, 0) is 49.8 Å². The van der Waals surface area contributed by atoms with Crippen molar-refractivity contribution in [3.05, 3.63) is 34.1 Å². The minimum atomic E-state index is -0.260. The van der Waals surface area contributed by atoms with E-state index in [1.54, 1.807) is 12.1 Å². The molecule has 0 aromatic heterocycles. The molecule has 0 saturated carbocycles. The average molecular weight is 357 g/mol. The lowest BCUT2D eigenvalue weighted by molar-refractivity contribution is -0.133. The molecule has 1 fully saturated rings. The van der Waals surface area contributed by atoms with Gasteiger partial charge in [0.15, 0.2) is 0 Å². The van der Waals surface area contributed by atoms with Gasteiger partial charge in [-0.2, -0.15) is 0 Å². The highest BCUT2D eigenvalue weighted by molar-refractivity contribution is 9.10. The van der Waals surface area contributed by atoms with E-state index in [2.05, 4.69) is 15.9 Å². The summed E-state index contributed by atoms with van der Waals surface area (Å²) in [4.78, 5) is 14.2. The lowest BCUT2D eigenvalue weighted by Crippen LogP contribution is -2.45. The number of hydrogen-bond donors (Lipinski definition) is 1. The van der Waals surface area contributed by atoms with Crippen LogP contribution in [0.15, 0.2) is 22.7 Å². The zero-order valence-corrected chi connectivity index (χ0v) is 13.9. The van der Waals surface area contributed by atoms with Crippen LogP contribution in [-0.4, -0.2) is 29.9 Å². The van der Waals surface area contributed by atoms with Crippen LogP contribution in [0.2, 0.25) is 0 Å². The van der Waals surface area contributed by atoms with Gasteiger partial charge in [-0.3, -0.25) is 4.79 Å². The maximum Gasteiger partial charge on any atom is 0.222 e. The van der Waals surface area contributed by atoms with E-state index in [-0.39, 0.29) is 17.8 Å². The summed E-state index contributed by atoms with van der Waals surface area (Å²) in [7, 11) is 0. The number of carbonyl (C=O) groups excluding carboxylic acids is 1. The Morgan fingerprint density at radius 2 is 2.33 bits per heavy atom. The fourth-order valence-electron chi connectivity index (χ4n) is 2.79. The van der Waals surface area contributed by atoms with Crippen molar-refractivity contribution < 1.29 is 9.18 Å². The lowest BCUT2D eigenvalue weighted by Gasteiger charge is -2.34. The van der Waals surface area contributed by atoms with Crippen molar-refractivity contribution in [1.29, 1.82) is 0 Å². The normalized spacial score (nSPS) is 20.4. The van der Waals surface area contributed by atoms with Crippen LogP contribution in [0.5, 0.6) is 0 Å². The first kappa shape index (κ1) is 16.4. The van der Waals surface area contributed by atoms with Crippen LogP contribution in [-0.2, 0) is 11.2 Å². The molecular formula is C16H22BrFN2O. The molecule has 1 aromatic rings. The maximum absolute atomic E-state index is 13.7. The van der Waals surface area contributed by atoms with Gasteiger partial charge in [0.25, 0.3) is 0 Å². The van der Waals surface area contributed by atoms with Gasteiger partial charge in [0, 0.05) is 30.0 Å². The van der Waals surface area contributed by atoms with E-state index in [0.29, 0.717) is 28.8 Å². The maximum atomic E-state index is 13.7. The molecule has 116 valence electrons. The highest BCUT2D eigenvalue weighted by Crippen LogP contribution is 2.21. The third-order valence-corrected chi connectivity index (χ3v) is 4.67. The van der Waals surface area contributed by atoms with Gasteiger partial charge in [0.05, 0.1) is 0 Å². The molecule has 1 aliphatic rings. The SMILES string of the molecule is CC(N)C1CCCN(C(=O)CCc2ccc(Br)cc2F)C1. The second kappa shape index (κ2) is 7.36. The number of benzene rings is 1. The van der Waals surface area contributed by atoms with E-state index in [1.165, 1.54) is 6.07 Å². The highest BCUT2D eigenvalue weighted by Gasteiger charge is 2.25. The molecule has 2 atom stereocenters. The third-order valence-electron chi connectivity index (χ3n) is 4.18. The Bertz CT molecular complexity index is 507. The Labute approximate surface area is 133 Å². The minimum Gasteiger partial charge on any atom is -0.342 e. The van der Waals surface area contributed by atoms with Crippen molar-refractivity contribution in [3.63, 3.8) is 0 Å². The summed E-state index contributed by atoms with van der Waals surface area (Å²) in [6, 6.07) is 5.08. The van der Waals surface area contributed by atoms with Crippen LogP contribution in [0.1, 0.15) is 31.7 Å². The Balaban J connectivity index is 1.89. The summed E-state index contributed by atoms with van der Waals surface area (Å²) in [6.45, 7) is 3.53. The summed E-state index contributed by atoms with van der Waals surface area (Å²) in [5.41, 5.74) is 6.53. The van der Waals surface area contributed by atoms with Crippen LogP contribution in [0.25, 0.3) is 0 Å². The lowest BCUT2D eigenvalue weighted by atomic mass is 9.92. The summed E-state index contributed by atoms with van der Waals surface area (Å²) >= 11 is 3.23. The van der Waals surface area contributed by atoms with Gasteiger partial charge < -0.3 is 10.6 Å². The summed E-state index contributed by atoms with van der Waals surface area (Å²) in [5, 5.41) is 0. The van der Waals surface area contributed by atoms with Crippen LogP contribution < -0.4 is 5.73 Å². The number of carbonyl (C=O) groups is 1. The molecule has 2 unspecified atom stereocenters. The van der Waals surface area contributed by atoms with Gasteiger partial charge in [-0.1, -0.05) is 22.0 Å². The smallest absolute Gasteiger partial charge is 0.222 e. The molecule has 21 heavy (non-hydrogen) atoms. The first-order valence-corrected chi connectivity index (χ1v) is 8.24. The van der Waals surface area contributed by atoms with E-state index in [4.69, 9.17) is 5.73 Å². The van der Waals surface area contributed by atoms with Crippen molar-refractivity contribution in [2.24, 2.45) is 11.7 Å². The van der Waals surface area contributed by atoms with Crippen LogP contribution in [0.3, 0.4) is 0 Å². The van der Waals surface area contributed by atoms with Gasteiger partial charge >= 0.3 is 0 Å². The molecule has 0 spiro atoms. The number of aryl methyl sites for hydroxylation is 1. The monoisotopic (exact) mass is 356 g/mol. The summed E-state index contributed by atoms with van der Waals surface area (Å²) in [6.07, 6.45) is 2.88. The second-order valence-corrected chi connectivity index (χ2v) is 6.75. The quantitative estimate of drug-likeness (QED) is 0.900. The molecule has 0 aliphatic carbocycles. The number of hydrogen-bond acceptors (Lipinski definition) is 2. The Morgan fingerprint density at radius 3 is 3.00 bits per heavy atom. The number of halogens is 2. The fourth-order valence-corrected chi connectivity index (χ4v) is 3.12. The van der Waals surface area contributed by atoms with Crippen molar-refractivity contribution >= 4 is 21.8 Å². The summed E-state index contributed by atoms with van der Waals surface area (Å²) in [5.74, 6) is 0.221. The van der Waals surface area contributed by atoms with Gasteiger partial charge in [0.2, 0.25) is 5.91 Å². The minimum absolute atomic E-state index is 0.0997. The number of piperidine rings is 1. The molecule has 5 heteroatoms. The molecule has 0 bridgehead atoms. The zero-order chi connectivity index (χ0) is 15.4. The van der Waals surface area contributed by atoms with Gasteiger partial charge in [0.1, 0.15) is 5.82 Å². The van der Waals surface area contributed by atoms with Crippen LogP contribution >= 0.6 is 15.9 Å². The molecule has 1 saturated heterocycles. The largest absolute Gasteiger partial charge is 0.342 e. The van der Waals surface area contributed by atoms with Gasteiger partial charge in [-0.25, -0.2) is 4.39 Å². The van der Waals surface area contributed by atoms with Gasteiger partial charge in [-0.15, -0.1) is 0 Å². The number of nitrogens with zero attached hydrogens (tertiary/aromatic N) is 1. The Morgan fingerprint density at radius 1 is 1.57 bits per heavy atom. The van der Waals surface area contributed by atoms with Crippen LogP contribution in [0, 0.1) is 11.7 Å². The average Bonchev–Trinajstić information content (AvgIpc) is 2.46. The van der Waals surface area contributed by atoms with Crippen molar-refractivity contribution in [2.75, 3.05) is 13.1 Å². The predicted molar refractivity (Wildman–Crippen MR) is 85.4 cm³/mol. The Kier molecular flexibility index (Phi) is 5.76. The summed E-state index contributed by atoms with van der Waals surface area (Å²) < 4.78 is 14.5. The second-order valence-electron chi connectivity index (χ2n) is 5.84. The fraction of sp³-hybridized carbons (Fsp3) is 0.562. The molecule has 1 amide bonds. The molecule has 0 radical (unpaired) electrons. The predicted octanol–water partition coefficient (Wildman–Crippen LogP) is 3.11. The highest BCUT2D eigenvalue weighted by atomic mass is 79.9. The topological polar surface area (TPSA) is 46.3 Å². The first-order valence-electron chi connectivity index (χ1n) is 7.44. The van der Waals surface area contributed by atoms with Crippen molar-refractivity contribution in [3.8, 4) is 0 Å². The molecule has 1 heterocycles. The molecule has 2 N–H and O–H groups in total. The molecular weight excluding hydrogens is 335 g/mol. The zero-order valence-electron chi connectivity index (χ0n) is 12.3. The number of amides is 1. The number of likely N-dealkylation sites (tertiary alicyclic amines) is 1. The number of nitrogens with two attached hydrogens (primary N) is 1. The molecule has 2 rings (SSSR count).